The molecule has 1 unspecified atom stereocenters. The lowest BCUT2D eigenvalue weighted by molar-refractivity contribution is -0.117. The van der Waals surface area contributed by atoms with Gasteiger partial charge in [-0.2, -0.15) is 0 Å². The summed E-state index contributed by atoms with van der Waals surface area (Å²) >= 11 is 6.28. The van der Waals surface area contributed by atoms with Gasteiger partial charge in [-0.25, -0.2) is 0 Å². The Morgan fingerprint density at radius 2 is 1.57 bits per heavy atom. The van der Waals surface area contributed by atoms with Gasteiger partial charge in [-0.05, 0) is 41.3 Å². The third kappa shape index (κ3) is 5.16. The van der Waals surface area contributed by atoms with Crippen molar-refractivity contribution in [2.24, 2.45) is 0 Å². The number of nitrogens with one attached hydrogen (secondary N) is 1. The second kappa shape index (κ2) is 10.9. The molecule has 0 saturated carbocycles. The SMILES string of the molecule is COc1cc(OC)c(NC(=O)CN2CCc3cc(OC)c(OC)cc3C2c2ccccc2)cc1Cl. The predicted molar refractivity (Wildman–Crippen MR) is 136 cm³/mol. The van der Waals surface area contributed by atoms with Crippen molar-refractivity contribution in [3.8, 4) is 23.0 Å². The van der Waals surface area contributed by atoms with Gasteiger partial charge in [0.2, 0.25) is 5.91 Å². The van der Waals surface area contributed by atoms with Crippen molar-refractivity contribution < 1.29 is 23.7 Å². The van der Waals surface area contributed by atoms with Gasteiger partial charge in [-0.15, -0.1) is 0 Å². The van der Waals surface area contributed by atoms with Crippen LogP contribution in [0.3, 0.4) is 0 Å². The molecule has 1 heterocycles. The van der Waals surface area contributed by atoms with Crippen molar-refractivity contribution in [3.05, 3.63) is 76.3 Å². The lowest BCUT2D eigenvalue weighted by Crippen LogP contribution is -2.41. The third-order valence-electron chi connectivity index (χ3n) is 6.18. The van der Waals surface area contributed by atoms with E-state index in [9.17, 15) is 4.79 Å². The molecule has 1 aliphatic heterocycles. The van der Waals surface area contributed by atoms with E-state index in [4.69, 9.17) is 30.5 Å². The number of amides is 1. The maximum atomic E-state index is 13.2. The molecule has 0 bridgehead atoms. The second-order valence-electron chi connectivity index (χ2n) is 8.17. The van der Waals surface area contributed by atoms with Crippen LogP contribution in [0.2, 0.25) is 5.02 Å². The highest BCUT2D eigenvalue weighted by molar-refractivity contribution is 6.32. The van der Waals surface area contributed by atoms with Crippen LogP contribution in [-0.4, -0.2) is 52.3 Å². The van der Waals surface area contributed by atoms with E-state index < -0.39 is 0 Å². The summed E-state index contributed by atoms with van der Waals surface area (Å²) in [6, 6.07) is 17.4. The van der Waals surface area contributed by atoms with Gasteiger partial charge in [0.05, 0.1) is 51.7 Å². The number of methoxy groups -OCH3 is 4. The Balaban J connectivity index is 1.64. The zero-order valence-corrected chi connectivity index (χ0v) is 21.0. The van der Waals surface area contributed by atoms with Crippen molar-refractivity contribution in [1.82, 2.24) is 4.90 Å². The van der Waals surface area contributed by atoms with E-state index in [2.05, 4.69) is 22.3 Å². The number of fused-ring (bicyclic) bond motifs is 1. The average Bonchev–Trinajstić information content (AvgIpc) is 2.88. The summed E-state index contributed by atoms with van der Waals surface area (Å²) in [5.41, 5.74) is 3.86. The molecular weight excluding hydrogens is 468 g/mol. The van der Waals surface area contributed by atoms with E-state index in [1.165, 1.54) is 19.8 Å². The monoisotopic (exact) mass is 496 g/mol. The van der Waals surface area contributed by atoms with Gasteiger partial charge in [-0.1, -0.05) is 41.9 Å². The molecule has 3 aromatic carbocycles. The summed E-state index contributed by atoms with van der Waals surface area (Å²) in [6.07, 6.45) is 0.782. The van der Waals surface area contributed by atoms with E-state index in [0.717, 1.165) is 17.5 Å². The van der Waals surface area contributed by atoms with Crippen LogP contribution in [0.15, 0.2) is 54.6 Å². The van der Waals surface area contributed by atoms with Crippen LogP contribution in [0.1, 0.15) is 22.7 Å². The van der Waals surface area contributed by atoms with Crippen LogP contribution < -0.4 is 24.3 Å². The summed E-state index contributed by atoms with van der Waals surface area (Å²) in [6.45, 7) is 0.885. The topological polar surface area (TPSA) is 69.3 Å². The first-order valence-electron chi connectivity index (χ1n) is 11.2. The van der Waals surface area contributed by atoms with Crippen LogP contribution in [0.5, 0.6) is 23.0 Å². The zero-order valence-electron chi connectivity index (χ0n) is 20.3. The van der Waals surface area contributed by atoms with Crippen LogP contribution in [0, 0.1) is 0 Å². The summed E-state index contributed by atoms with van der Waals surface area (Å²) in [5.74, 6) is 2.14. The number of hydrogen-bond donors (Lipinski definition) is 1. The number of anilines is 1. The molecule has 7 nitrogen and oxygen atoms in total. The minimum atomic E-state index is -0.172. The smallest absolute Gasteiger partial charge is 0.238 e. The maximum Gasteiger partial charge on any atom is 0.238 e. The Kier molecular flexibility index (Phi) is 7.68. The molecule has 0 radical (unpaired) electrons. The lowest BCUT2D eigenvalue weighted by atomic mass is 9.87. The van der Waals surface area contributed by atoms with E-state index in [-0.39, 0.29) is 18.5 Å². The van der Waals surface area contributed by atoms with Gasteiger partial charge < -0.3 is 24.3 Å². The normalized spacial score (nSPS) is 15.2. The molecule has 0 aliphatic carbocycles. The van der Waals surface area contributed by atoms with E-state index in [1.54, 1.807) is 26.4 Å². The molecule has 1 amide bonds. The molecule has 0 spiro atoms. The Morgan fingerprint density at radius 3 is 2.23 bits per heavy atom. The number of carbonyl (C=O) groups excluding carboxylic acids is 1. The Hall–Kier alpha value is -3.42. The molecule has 0 fully saturated rings. The standard InChI is InChI=1S/C27H29ClN2O5/c1-32-22-15-23(33-2)21(14-20(22)28)29-26(31)16-30-11-10-18-12-24(34-3)25(35-4)13-19(18)27(30)17-8-6-5-7-9-17/h5-9,12-15,27H,10-11,16H2,1-4H3,(H,29,31). The molecule has 35 heavy (non-hydrogen) atoms. The van der Waals surface area contributed by atoms with Crippen LogP contribution in [0.4, 0.5) is 5.69 Å². The number of benzene rings is 3. The summed E-state index contributed by atoms with van der Waals surface area (Å²) in [7, 11) is 6.33. The highest BCUT2D eigenvalue weighted by Gasteiger charge is 2.31. The van der Waals surface area contributed by atoms with Crippen LogP contribution >= 0.6 is 11.6 Å². The fraction of sp³-hybridized carbons (Fsp3) is 0.296. The number of hydrogen-bond acceptors (Lipinski definition) is 6. The molecule has 3 aromatic rings. The summed E-state index contributed by atoms with van der Waals surface area (Å²) in [4.78, 5) is 15.4. The van der Waals surface area contributed by atoms with Crippen molar-refractivity contribution in [3.63, 3.8) is 0 Å². The maximum absolute atomic E-state index is 13.2. The number of rotatable bonds is 8. The molecule has 1 N–H and O–H groups in total. The molecular formula is C27H29ClN2O5. The third-order valence-corrected chi connectivity index (χ3v) is 6.48. The van der Waals surface area contributed by atoms with Gasteiger partial charge in [0.1, 0.15) is 11.5 Å². The molecule has 1 aliphatic rings. The number of nitrogens with zero attached hydrogens (tertiary/aromatic N) is 1. The van der Waals surface area contributed by atoms with Gasteiger partial charge >= 0.3 is 0 Å². The first kappa shape index (κ1) is 24.7. The van der Waals surface area contributed by atoms with Gasteiger partial charge in [0.15, 0.2) is 11.5 Å². The first-order valence-corrected chi connectivity index (χ1v) is 11.6. The average molecular weight is 497 g/mol. The number of halogens is 1. The fourth-order valence-corrected chi connectivity index (χ4v) is 4.77. The van der Waals surface area contributed by atoms with E-state index in [0.29, 0.717) is 40.3 Å². The highest BCUT2D eigenvalue weighted by atomic mass is 35.5. The Bertz CT molecular complexity index is 1200. The zero-order chi connectivity index (χ0) is 24.9. The van der Waals surface area contributed by atoms with Crippen molar-refractivity contribution >= 4 is 23.2 Å². The van der Waals surface area contributed by atoms with Gasteiger partial charge in [-0.3, -0.25) is 9.69 Å². The minimum absolute atomic E-state index is 0.119. The summed E-state index contributed by atoms with van der Waals surface area (Å²) < 4.78 is 21.8. The van der Waals surface area contributed by atoms with Gasteiger partial charge in [0, 0.05) is 12.6 Å². The lowest BCUT2D eigenvalue weighted by Gasteiger charge is -2.37. The van der Waals surface area contributed by atoms with Crippen molar-refractivity contribution in [2.75, 3.05) is 46.8 Å². The number of carbonyl (C=O) groups is 1. The Labute approximate surface area is 210 Å². The summed E-state index contributed by atoms with van der Waals surface area (Å²) in [5, 5.41) is 3.34. The molecule has 4 rings (SSSR count). The van der Waals surface area contributed by atoms with E-state index in [1.807, 2.05) is 30.3 Å². The molecule has 0 aromatic heterocycles. The molecule has 8 heteroatoms. The second-order valence-corrected chi connectivity index (χ2v) is 8.58. The molecule has 184 valence electrons. The largest absolute Gasteiger partial charge is 0.495 e. The van der Waals surface area contributed by atoms with Crippen LogP contribution in [-0.2, 0) is 11.2 Å². The molecule has 1 atom stereocenters. The molecule has 0 saturated heterocycles. The van der Waals surface area contributed by atoms with Gasteiger partial charge in [0.25, 0.3) is 0 Å². The fourth-order valence-electron chi connectivity index (χ4n) is 4.53. The quantitative estimate of drug-likeness (QED) is 0.475. The first-order chi connectivity index (χ1) is 17.0. The van der Waals surface area contributed by atoms with Crippen molar-refractivity contribution in [2.45, 2.75) is 12.5 Å². The van der Waals surface area contributed by atoms with E-state index >= 15 is 0 Å². The highest BCUT2D eigenvalue weighted by Crippen LogP contribution is 2.41. The van der Waals surface area contributed by atoms with Crippen LogP contribution in [0.25, 0.3) is 0 Å². The predicted octanol–water partition coefficient (Wildman–Crippen LogP) is 4.96. The van der Waals surface area contributed by atoms with Crippen molar-refractivity contribution in [1.29, 1.82) is 0 Å². The Morgan fingerprint density at radius 1 is 0.914 bits per heavy atom. The minimum Gasteiger partial charge on any atom is -0.495 e. The number of ether oxygens (including phenoxy) is 4.